The number of carbonyl (C=O) groups excluding carboxylic acids is 1. The zero-order valence-corrected chi connectivity index (χ0v) is 12.3. The van der Waals surface area contributed by atoms with Gasteiger partial charge in [0.05, 0.1) is 16.6 Å². The zero-order chi connectivity index (χ0) is 14.3. The summed E-state index contributed by atoms with van der Waals surface area (Å²) in [4.78, 5) is 36.4. The number of carbonyl (C=O) groups is 1. The number of nitrogens with zero attached hydrogens (tertiary/aromatic N) is 3. The second kappa shape index (κ2) is 4.99. The first kappa shape index (κ1) is 13.3. The molecule has 20 heavy (non-hydrogen) atoms. The third-order valence-corrected chi connectivity index (χ3v) is 4.91. The molecule has 1 aliphatic rings. The molecule has 0 atom stereocenters. The maximum absolute atomic E-state index is 12.6. The number of nitrogens with one attached hydrogen (secondary N) is 1. The van der Waals surface area contributed by atoms with E-state index in [-0.39, 0.29) is 11.5 Å². The smallest absolute Gasteiger partial charge is 0.264 e. The van der Waals surface area contributed by atoms with Gasteiger partial charge in [-0.25, -0.2) is 4.98 Å². The molecule has 7 heteroatoms. The largest absolute Gasteiger partial charge is 0.335 e. The van der Waals surface area contributed by atoms with Crippen LogP contribution < -0.4 is 5.56 Å². The molecule has 1 saturated heterocycles. The molecule has 0 spiro atoms. The van der Waals surface area contributed by atoms with Crippen molar-refractivity contribution in [3.8, 4) is 0 Å². The molecule has 0 saturated carbocycles. The van der Waals surface area contributed by atoms with Gasteiger partial charge in [0, 0.05) is 26.2 Å². The minimum atomic E-state index is -0.179. The van der Waals surface area contributed by atoms with E-state index < -0.39 is 0 Å². The van der Waals surface area contributed by atoms with Crippen LogP contribution in [-0.4, -0.2) is 58.9 Å². The maximum Gasteiger partial charge on any atom is 0.264 e. The predicted octanol–water partition coefficient (Wildman–Crippen LogP) is 0.681. The number of aromatic amines is 1. The first-order valence-corrected chi connectivity index (χ1v) is 7.34. The molecule has 3 rings (SSSR count). The van der Waals surface area contributed by atoms with Gasteiger partial charge in [-0.15, -0.1) is 11.3 Å². The summed E-state index contributed by atoms with van der Waals surface area (Å²) in [7, 11) is 2.05. The van der Waals surface area contributed by atoms with Crippen LogP contribution in [-0.2, 0) is 0 Å². The number of amides is 1. The summed E-state index contributed by atoms with van der Waals surface area (Å²) in [5, 5.41) is 0.537. The van der Waals surface area contributed by atoms with Gasteiger partial charge in [-0.1, -0.05) is 0 Å². The Morgan fingerprint density at radius 3 is 2.70 bits per heavy atom. The molecule has 1 aliphatic heterocycles. The molecule has 3 heterocycles. The third-order valence-electron chi connectivity index (χ3n) is 3.72. The van der Waals surface area contributed by atoms with Gasteiger partial charge in [0.15, 0.2) is 0 Å². The van der Waals surface area contributed by atoms with E-state index in [1.807, 2.05) is 11.8 Å². The number of piperazine rings is 1. The Bertz CT molecular complexity index is 713. The van der Waals surface area contributed by atoms with E-state index in [2.05, 4.69) is 21.9 Å². The highest BCUT2D eigenvalue weighted by Gasteiger charge is 2.25. The number of H-pyrrole nitrogens is 1. The average Bonchev–Trinajstić information content (AvgIpc) is 2.77. The lowest BCUT2D eigenvalue weighted by atomic mass is 10.2. The fourth-order valence-corrected chi connectivity index (χ4v) is 3.55. The van der Waals surface area contributed by atoms with E-state index >= 15 is 0 Å². The minimum Gasteiger partial charge on any atom is -0.335 e. The molecule has 1 amide bonds. The van der Waals surface area contributed by atoms with Crippen molar-refractivity contribution in [2.75, 3.05) is 33.2 Å². The van der Waals surface area contributed by atoms with Crippen LogP contribution in [0.3, 0.4) is 0 Å². The van der Waals surface area contributed by atoms with Crippen molar-refractivity contribution in [2.24, 2.45) is 0 Å². The summed E-state index contributed by atoms with van der Waals surface area (Å²) in [6, 6.07) is 0. The van der Waals surface area contributed by atoms with Crippen LogP contribution in [0, 0.1) is 6.92 Å². The van der Waals surface area contributed by atoms with Gasteiger partial charge in [-0.2, -0.15) is 0 Å². The molecule has 0 bridgehead atoms. The molecule has 0 aromatic carbocycles. The Balaban J connectivity index is 1.98. The van der Waals surface area contributed by atoms with Crippen LogP contribution >= 0.6 is 11.3 Å². The summed E-state index contributed by atoms with van der Waals surface area (Å²) in [6.45, 7) is 5.04. The Labute approximate surface area is 120 Å². The van der Waals surface area contributed by atoms with E-state index in [4.69, 9.17) is 0 Å². The van der Waals surface area contributed by atoms with Crippen LogP contribution in [0.15, 0.2) is 11.1 Å². The molecular weight excluding hydrogens is 276 g/mol. The average molecular weight is 292 g/mol. The highest BCUT2D eigenvalue weighted by Crippen LogP contribution is 2.27. The number of hydrogen-bond acceptors (Lipinski definition) is 5. The van der Waals surface area contributed by atoms with E-state index in [1.165, 1.54) is 17.7 Å². The number of aryl methyl sites for hydroxylation is 1. The van der Waals surface area contributed by atoms with Crippen LogP contribution in [0.25, 0.3) is 10.2 Å². The molecule has 0 unspecified atom stereocenters. The van der Waals surface area contributed by atoms with E-state index in [1.54, 1.807) is 0 Å². The topological polar surface area (TPSA) is 69.3 Å². The Morgan fingerprint density at radius 2 is 2.05 bits per heavy atom. The number of fused-ring (bicyclic) bond motifs is 1. The van der Waals surface area contributed by atoms with Crippen molar-refractivity contribution in [2.45, 2.75) is 6.92 Å². The van der Waals surface area contributed by atoms with Gasteiger partial charge < -0.3 is 14.8 Å². The summed E-state index contributed by atoms with van der Waals surface area (Å²) >= 11 is 1.30. The third kappa shape index (κ3) is 2.12. The van der Waals surface area contributed by atoms with Crippen molar-refractivity contribution < 1.29 is 4.79 Å². The highest BCUT2D eigenvalue weighted by atomic mass is 32.1. The summed E-state index contributed by atoms with van der Waals surface area (Å²) < 4.78 is 0. The lowest BCUT2D eigenvalue weighted by molar-refractivity contribution is 0.0668. The van der Waals surface area contributed by atoms with E-state index in [9.17, 15) is 9.59 Å². The normalized spacial score (nSPS) is 16.8. The molecule has 1 fully saturated rings. The second-order valence-corrected chi connectivity index (χ2v) is 6.06. The SMILES string of the molecule is Cc1c(C(=O)N2CCN(C)CC2)sc2nc[nH]c(=O)c12. The Hall–Kier alpha value is -1.73. The van der Waals surface area contributed by atoms with Crippen LogP contribution in [0.4, 0.5) is 0 Å². The van der Waals surface area contributed by atoms with Crippen molar-refractivity contribution in [3.05, 3.63) is 27.1 Å². The summed E-state index contributed by atoms with van der Waals surface area (Å²) in [5.41, 5.74) is 0.560. The molecule has 2 aromatic rings. The number of aromatic nitrogens is 2. The molecule has 2 aromatic heterocycles. The highest BCUT2D eigenvalue weighted by molar-refractivity contribution is 7.20. The van der Waals surface area contributed by atoms with Gasteiger partial charge in [0.1, 0.15) is 4.83 Å². The monoisotopic (exact) mass is 292 g/mol. The number of thiophene rings is 1. The summed E-state index contributed by atoms with van der Waals surface area (Å²) in [6.07, 6.45) is 1.38. The first-order chi connectivity index (χ1) is 9.58. The lowest BCUT2D eigenvalue weighted by Gasteiger charge is -2.32. The fourth-order valence-electron chi connectivity index (χ4n) is 2.44. The van der Waals surface area contributed by atoms with Gasteiger partial charge in [0.2, 0.25) is 0 Å². The molecule has 6 nitrogen and oxygen atoms in total. The lowest BCUT2D eigenvalue weighted by Crippen LogP contribution is -2.47. The zero-order valence-electron chi connectivity index (χ0n) is 11.5. The van der Waals surface area contributed by atoms with Crippen molar-refractivity contribution >= 4 is 27.5 Å². The predicted molar refractivity (Wildman–Crippen MR) is 78.4 cm³/mol. The van der Waals surface area contributed by atoms with Crippen LogP contribution in [0.2, 0.25) is 0 Å². The van der Waals surface area contributed by atoms with Gasteiger partial charge in [-0.05, 0) is 19.5 Å². The Kier molecular flexibility index (Phi) is 3.31. The number of rotatable bonds is 1. The van der Waals surface area contributed by atoms with Crippen molar-refractivity contribution in [1.82, 2.24) is 19.8 Å². The first-order valence-electron chi connectivity index (χ1n) is 6.52. The Morgan fingerprint density at radius 1 is 1.35 bits per heavy atom. The second-order valence-electron chi connectivity index (χ2n) is 5.06. The van der Waals surface area contributed by atoms with Gasteiger partial charge in [0.25, 0.3) is 11.5 Å². The molecule has 106 valence electrons. The van der Waals surface area contributed by atoms with Gasteiger partial charge >= 0.3 is 0 Å². The molecule has 1 N–H and O–H groups in total. The molecule has 0 radical (unpaired) electrons. The fraction of sp³-hybridized carbons (Fsp3) is 0.462. The van der Waals surface area contributed by atoms with Crippen molar-refractivity contribution in [3.63, 3.8) is 0 Å². The van der Waals surface area contributed by atoms with Crippen LogP contribution in [0.5, 0.6) is 0 Å². The standard InChI is InChI=1S/C13H16N4O2S/c1-8-9-11(18)14-7-15-12(9)20-10(8)13(19)17-5-3-16(2)4-6-17/h7H,3-6H2,1-2H3,(H,14,15,18). The maximum atomic E-state index is 12.6. The van der Waals surface area contributed by atoms with Crippen molar-refractivity contribution in [1.29, 1.82) is 0 Å². The molecular formula is C13H16N4O2S. The molecule has 0 aliphatic carbocycles. The quantitative estimate of drug-likeness (QED) is 0.839. The van der Waals surface area contributed by atoms with E-state index in [0.717, 1.165) is 31.7 Å². The minimum absolute atomic E-state index is 0.0120. The number of likely N-dealkylation sites (N-methyl/N-ethyl adjacent to an activating group) is 1. The van der Waals surface area contributed by atoms with Crippen LogP contribution in [0.1, 0.15) is 15.2 Å². The van der Waals surface area contributed by atoms with E-state index in [0.29, 0.717) is 15.1 Å². The number of hydrogen-bond donors (Lipinski definition) is 1. The summed E-state index contributed by atoms with van der Waals surface area (Å²) in [5.74, 6) is 0.0120. The van der Waals surface area contributed by atoms with Gasteiger partial charge in [-0.3, -0.25) is 9.59 Å².